The first-order chi connectivity index (χ1) is 11.1. The van der Waals surface area contributed by atoms with Gasteiger partial charge in [0.25, 0.3) is 5.56 Å². The molecule has 3 rings (SSSR count). The molecule has 0 radical (unpaired) electrons. The number of para-hydroxylation sites is 2. The lowest BCUT2D eigenvalue weighted by atomic mass is 10.2. The Kier molecular flexibility index (Phi) is 3.85. The van der Waals surface area contributed by atoms with E-state index >= 15 is 0 Å². The lowest BCUT2D eigenvalue weighted by molar-refractivity contribution is -0.136. The van der Waals surface area contributed by atoms with Crippen LogP contribution in [-0.2, 0) is 11.2 Å². The molecule has 3 aromatic rings. The third-order valence-corrected chi connectivity index (χ3v) is 3.73. The Balaban J connectivity index is 2.33. The van der Waals surface area contributed by atoms with E-state index in [-0.39, 0.29) is 12.0 Å². The van der Waals surface area contributed by atoms with Gasteiger partial charge in [0.1, 0.15) is 0 Å². The largest absolute Gasteiger partial charge is 0.481 e. The molecule has 0 saturated carbocycles. The number of carboxylic acid groups (broad SMARTS) is 1. The fourth-order valence-electron chi connectivity index (χ4n) is 2.69. The van der Waals surface area contributed by atoms with Gasteiger partial charge in [0.05, 0.1) is 23.4 Å². The van der Waals surface area contributed by atoms with Crippen molar-refractivity contribution in [2.45, 2.75) is 13.3 Å². The molecule has 0 aliphatic carbocycles. The molecule has 0 unspecified atom stereocenters. The zero-order chi connectivity index (χ0) is 16.4. The van der Waals surface area contributed by atoms with Crippen LogP contribution in [0.1, 0.15) is 11.3 Å². The van der Waals surface area contributed by atoms with Gasteiger partial charge in [-0.3, -0.25) is 14.3 Å². The Morgan fingerprint density at radius 2 is 1.39 bits per heavy atom. The van der Waals surface area contributed by atoms with E-state index in [0.29, 0.717) is 16.9 Å². The van der Waals surface area contributed by atoms with Crippen LogP contribution < -0.4 is 5.56 Å². The molecule has 0 bridgehead atoms. The van der Waals surface area contributed by atoms with Crippen molar-refractivity contribution in [3.05, 3.63) is 82.3 Å². The molecule has 5 nitrogen and oxygen atoms in total. The second-order valence-electron chi connectivity index (χ2n) is 5.23. The molecule has 0 amide bonds. The lowest BCUT2D eigenvalue weighted by Gasteiger charge is -2.13. The van der Waals surface area contributed by atoms with Crippen molar-refractivity contribution < 1.29 is 9.90 Å². The molecule has 1 N–H and O–H groups in total. The molecule has 0 atom stereocenters. The topological polar surface area (TPSA) is 64.2 Å². The van der Waals surface area contributed by atoms with Crippen molar-refractivity contribution in [3.8, 4) is 11.4 Å². The molecule has 1 heterocycles. The Hall–Kier alpha value is -3.08. The first-order valence-electron chi connectivity index (χ1n) is 7.25. The van der Waals surface area contributed by atoms with Gasteiger partial charge in [-0.25, -0.2) is 4.68 Å². The number of aromatic nitrogens is 2. The average Bonchev–Trinajstić information content (AvgIpc) is 2.80. The molecule has 0 fully saturated rings. The van der Waals surface area contributed by atoms with Crippen molar-refractivity contribution in [3.63, 3.8) is 0 Å². The van der Waals surface area contributed by atoms with E-state index in [2.05, 4.69) is 0 Å². The highest BCUT2D eigenvalue weighted by Crippen LogP contribution is 2.17. The summed E-state index contributed by atoms with van der Waals surface area (Å²) < 4.78 is 3.28. The highest BCUT2D eigenvalue weighted by atomic mass is 16.4. The van der Waals surface area contributed by atoms with Gasteiger partial charge >= 0.3 is 5.97 Å². The molecule has 0 saturated heterocycles. The van der Waals surface area contributed by atoms with E-state index in [9.17, 15) is 9.59 Å². The first kappa shape index (κ1) is 14.8. The zero-order valence-corrected chi connectivity index (χ0v) is 12.6. The number of rotatable bonds is 4. The number of hydrogen-bond donors (Lipinski definition) is 1. The van der Waals surface area contributed by atoms with E-state index < -0.39 is 5.97 Å². The van der Waals surface area contributed by atoms with Crippen molar-refractivity contribution in [2.75, 3.05) is 0 Å². The summed E-state index contributed by atoms with van der Waals surface area (Å²) >= 11 is 0. The van der Waals surface area contributed by atoms with Crippen LogP contribution >= 0.6 is 0 Å². The molecule has 0 aliphatic rings. The lowest BCUT2D eigenvalue weighted by Crippen LogP contribution is -2.22. The highest BCUT2D eigenvalue weighted by Gasteiger charge is 2.20. The van der Waals surface area contributed by atoms with Gasteiger partial charge in [-0.2, -0.15) is 0 Å². The molecule has 1 aromatic heterocycles. The molecule has 23 heavy (non-hydrogen) atoms. The normalized spacial score (nSPS) is 10.7. The van der Waals surface area contributed by atoms with Crippen LogP contribution in [0.25, 0.3) is 11.4 Å². The van der Waals surface area contributed by atoms with Gasteiger partial charge in [-0.05, 0) is 31.2 Å². The number of hydrogen-bond acceptors (Lipinski definition) is 2. The summed E-state index contributed by atoms with van der Waals surface area (Å²) in [4.78, 5) is 23.9. The third kappa shape index (κ3) is 2.68. The summed E-state index contributed by atoms with van der Waals surface area (Å²) in [7, 11) is 0. The van der Waals surface area contributed by atoms with E-state index in [1.165, 1.54) is 4.68 Å². The Labute approximate surface area is 133 Å². The number of carbonyl (C=O) groups is 1. The molecule has 0 spiro atoms. The van der Waals surface area contributed by atoms with Crippen LogP contribution in [-0.4, -0.2) is 20.4 Å². The maximum Gasteiger partial charge on any atom is 0.308 e. The summed E-state index contributed by atoms with van der Waals surface area (Å²) in [6.45, 7) is 1.77. The molecule has 116 valence electrons. The summed E-state index contributed by atoms with van der Waals surface area (Å²) in [6.07, 6.45) is -0.294. The SMILES string of the molecule is Cc1c(CC(=O)O)c(=O)n(-c2ccccc2)n1-c1ccccc1. The summed E-state index contributed by atoms with van der Waals surface area (Å²) in [5.74, 6) is -1.02. The molecule has 5 heteroatoms. The summed E-state index contributed by atoms with van der Waals surface area (Å²) in [5.41, 5.74) is 2.13. The van der Waals surface area contributed by atoms with Crippen LogP contribution in [0.15, 0.2) is 65.5 Å². The quantitative estimate of drug-likeness (QED) is 0.805. The predicted molar refractivity (Wildman–Crippen MR) is 87.4 cm³/mol. The fraction of sp³-hybridized carbons (Fsp3) is 0.111. The van der Waals surface area contributed by atoms with Gasteiger partial charge in [-0.1, -0.05) is 36.4 Å². The second-order valence-corrected chi connectivity index (χ2v) is 5.23. The van der Waals surface area contributed by atoms with Gasteiger partial charge < -0.3 is 5.11 Å². The van der Waals surface area contributed by atoms with Crippen molar-refractivity contribution in [1.82, 2.24) is 9.36 Å². The number of benzene rings is 2. The monoisotopic (exact) mass is 308 g/mol. The van der Waals surface area contributed by atoms with Crippen LogP contribution in [0.2, 0.25) is 0 Å². The van der Waals surface area contributed by atoms with Gasteiger partial charge in [0.15, 0.2) is 0 Å². The van der Waals surface area contributed by atoms with E-state index in [0.717, 1.165) is 5.69 Å². The Morgan fingerprint density at radius 1 is 0.913 bits per heavy atom. The minimum absolute atomic E-state index is 0.294. The minimum atomic E-state index is -1.02. The Bertz CT molecular complexity index is 893. The fourth-order valence-corrected chi connectivity index (χ4v) is 2.69. The van der Waals surface area contributed by atoms with E-state index in [1.807, 2.05) is 60.7 Å². The van der Waals surface area contributed by atoms with E-state index in [1.54, 1.807) is 11.6 Å². The van der Waals surface area contributed by atoms with Crippen LogP contribution in [0.3, 0.4) is 0 Å². The number of aliphatic carboxylic acids is 1. The minimum Gasteiger partial charge on any atom is -0.481 e. The molecule has 0 aliphatic heterocycles. The van der Waals surface area contributed by atoms with Crippen LogP contribution in [0.4, 0.5) is 0 Å². The van der Waals surface area contributed by atoms with E-state index in [4.69, 9.17) is 5.11 Å². The van der Waals surface area contributed by atoms with Crippen LogP contribution in [0, 0.1) is 6.92 Å². The smallest absolute Gasteiger partial charge is 0.308 e. The molecular weight excluding hydrogens is 292 g/mol. The van der Waals surface area contributed by atoms with Crippen molar-refractivity contribution in [2.24, 2.45) is 0 Å². The van der Waals surface area contributed by atoms with Crippen LogP contribution in [0.5, 0.6) is 0 Å². The molecular formula is C18H16N2O3. The van der Waals surface area contributed by atoms with Gasteiger partial charge in [0, 0.05) is 5.69 Å². The van der Waals surface area contributed by atoms with Gasteiger partial charge in [-0.15, -0.1) is 0 Å². The summed E-state index contributed by atoms with van der Waals surface area (Å²) in [5, 5.41) is 9.10. The number of carboxylic acids is 1. The second kappa shape index (κ2) is 5.96. The third-order valence-electron chi connectivity index (χ3n) is 3.73. The summed E-state index contributed by atoms with van der Waals surface area (Å²) in [6, 6.07) is 18.6. The van der Waals surface area contributed by atoms with Crippen molar-refractivity contribution in [1.29, 1.82) is 0 Å². The highest BCUT2D eigenvalue weighted by molar-refractivity contribution is 5.70. The maximum atomic E-state index is 12.8. The standard InChI is InChI=1S/C18H16N2O3/c1-13-16(12-17(21)22)18(23)20(15-10-6-3-7-11-15)19(13)14-8-4-2-5-9-14/h2-11H,12H2,1H3,(H,21,22). The zero-order valence-electron chi connectivity index (χ0n) is 12.6. The Morgan fingerprint density at radius 3 is 1.87 bits per heavy atom. The average molecular weight is 308 g/mol. The first-order valence-corrected chi connectivity index (χ1v) is 7.25. The predicted octanol–water partition coefficient (Wildman–Crippen LogP) is 2.56. The maximum absolute atomic E-state index is 12.8. The molecule has 2 aromatic carbocycles. The number of nitrogens with zero attached hydrogens (tertiary/aromatic N) is 2. The van der Waals surface area contributed by atoms with Crippen molar-refractivity contribution >= 4 is 5.97 Å². The van der Waals surface area contributed by atoms with Gasteiger partial charge in [0.2, 0.25) is 0 Å².